The Hall–Kier alpha value is -10.8. The van der Waals surface area contributed by atoms with Gasteiger partial charge in [-0.2, -0.15) is 0 Å². The number of benzene rings is 12. The molecule has 382 valence electrons. The molecule has 0 fully saturated rings. The van der Waals surface area contributed by atoms with Gasteiger partial charge < -0.3 is 28.4 Å². The molecule has 0 aromatic heterocycles. The molecule has 0 atom stereocenters. The Kier molecular flexibility index (Phi) is 11.7. The molecule has 0 saturated heterocycles. The maximum absolute atomic E-state index is 13.8. The molecular formula is C70H42O10. The monoisotopic (exact) mass is 1040 g/mol. The van der Waals surface area contributed by atoms with Crippen molar-refractivity contribution in [3.05, 3.63) is 287 Å². The van der Waals surface area contributed by atoms with Gasteiger partial charge in [-0.05, 0) is 116 Å². The fraction of sp³-hybridized carbons (Fsp3) is 0.0286. The molecule has 2 heterocycles. The summed E-state index contributed by atoms with van der Waals surface area (Å²) in [6, 6.07) is 74.0. The highest BCUT2D eigenvalue weighted by atomic mass is 16.6. The molecule has 0 bridgehead atoms. The first-order valence-electron chi connectivity index (χ1n) is 26.0. The summed E-state index contributed by atoms with van der Waals surface area (Å²) in [6.07, 6.45) is 0. The summed E-state index contributed by atoms with van der Waals surface area (Å²) >= 11 is 0. The number of hydrogen-bond donors (Lipinski definition) is 0. The van der Waals surface area contributed by atoms with Crippen LogP contribution >= 0.6 is 0 Å². The number of rotatable bonds is 9. The lowest BCUT2D eigenvalue weighted by Crippen LogP contribution is -2.22. The van der Waals surface area contributed by atoms with E-state index in [-0.39, 0.29) is 23.0 Å². The zero-order valence-electron chi connectivity index (χ0n) is 42.3. The highest BCUT2D eigenvalue weighted by Crippen LogP contribution is 2.59. The van der Waals surface area contributed by atoms with E-state index in [0.29, 0.717) is 45.3 Å². The van der Waals surface area contributed by atoms with Gasteiger partial charge >= 0.3 is 23.9 Å². The van der Waals surface area contributed by atoms with Gasteiger partial charge in [-0.25, -0.2) is 19.2 Å². The number of carbonyl (C=O) groups excluding carboxylic acids is 4. The minimum Gasteiger partial charge on any atom is -0.456 e. The number of ether oxygens (including phenoxy) is 6. The number of hydrogen-bond acceptors (Lipinski definition) is 10. The van der Waals surface area contributed by atoms with Gasteiger partial charge in [0.2, 0.25) is 0 Å². The molecule has 80 heavy (non-hydrogen) atoms. The van der Waals surface area contributed by atoms with E-state index in [0.717, 1.165) is 65.3 Å². The van der Waals surface area contributed by atoms with Crippen LogP contribution in [0.1, 0.15) is 75.5 Å². The van der Waals surface area contributed by atoms with Crippen molar-refractivity contribution in [3.8, 4) is 46.0 Å². The third-order valence-electron chi connectivity index (χ3n) is 14.8. The van der Waals surface area contributed by atoms with E-state index in [1.807, 2.05) is 146 Å². The number of carbonyl (C=O) groups is 4. The lowest BCUT2D eigenvalue weighted by atomic mass is 9.71. The standard InChI is InChI=1S/C70H42O10/c71-67(49-21-17-41-9-1-5-13-45(41)33-49)75-53-25-29-57-61(37-53)79-62-38-54(76-68(72)50-22-18-42-10-2-6-14-46(42)34-50)26-30-58(62)65(57)66-59-31-27-55(77-69(73)51-23-19-43-11-3-7-15-47(43)35-51)39-63(59)80-64-40-56(28-32-60(64)66)78-70(74)52-24-20-44-12-4-8-16-48(44)36-52/h1-40,65-66H. The quantitative estimate of drug-likeness (QED) is 0.102. The van der Waals surface area contributed by atoms with Crippen molar-refractivity contribution in [2.24, 2.45) is 0 Å². The van der Waals surface area contributed by atoms with Crippen LogP contribution in [0.2, 0.25) is 0 Å². The molecule has 10 heteroatoms. The molecule has 2 aliphatic heterocycles. The van der Waals surface area contributed by atoms with E-state index in [1.165, 1.54) is 0 Å². The van der Waals surface area contributed by atoms with E-state index in [9.17, 15) is 19.2 Å². The highest BCUT2D eigenvalue weighted by Gasteiger charge is 2.41. The smallest absolute Gasteiger partial charge is 0.343 e. The molecule has 0 unspecified atom stereocenters. The second-order valence-electron chi connectivity index (χ2n) is 19.8. The van der Waals surface area contributed by atoms with Gasteiger partial charge in [-0.3, -0.25) is 0 Å². The van der Waals surface area contributed by atoms with Crippen LogP contribution in [-0.4, -0.2) is 23.9 Å². The Balaban J connectivity index is 0.862. The van der Waals surface area contributed by atoms with E-state index < -0.39 is 35.7 Å². The van der Waals surface area contributed by atoms with Crippen LogP contribution in [-0.2, 0) is 0 Å². The average Bonchev–Trinajstić information content (AvgIpc) is 3.61. The Labute approximate surface area is 457 Å². The van der Waals surface area contributed by atoms with E-state index >= 15 is 0 Å². The van der Waals surface area contributed by atoms with Crippen molar-refractivity contribution >= 4 is 67.0 Å². The third-order valence-corrected chi connectivity index (χ3v) is 14.8. The van der Waals surface area contributed by atoms with Crippen LogP contribution in [0.25, 0.3) is 43.1 Å². The summed E-state index contributed by atoms with van der Waals surface area (Å²) in [5.41, 5.74) is 4.48. The van der Waals surface area contributed by atoms with Crippen LogP contribution < -0.4 is 28.4 Å². The summed E-state index contributed by atoms with van der Waals surface area (Å²) < 4.78 is 37.8. The maximum atomic E-state index is 13.8. The second kappa shape index (κ2) is 19.6. The summed E-state index contributed by atoms with van der Waals surface area (Å²) in [7, 11) is 0. The molecule has 0 aliphatic carbocycles. The third kappa shape index (κ3) is 8.96. The fourth-order valence-electron chi connectivity index (χ4n) is 10.9. The van der Waals surface area contributed by atoms with Crippen LogP contribution in [0.3, 0.4) is 0 Å². The van der Waals surface area contributed by atoms with Gasteiger partial charge in [0.15, 0.2) is 0 Å². The maximum Gasteiger partial charge on any atom is 0.343 e. The Bertz CT molecular complexity index is 3980. The summed E-state index contributed by atoms with van der Waals surface area (Å²) in [6.45, 7) is 0. The molecule has 0 radical (unpaired) electrons. The predicted molar refractivity (Wildman–Crippen MR) is 305 cm³/mol. The molecule has 10 nitrogen and oxygen atoms in total. The lowest BCUT2D eigenvalue weighted by molar-refractivity contribution is 0.0724. The lowest BCUT2D eigenvalue weighted by Gasteiger charge is -2.38. The molecule has 14 rings (SSSR count). The second-order valence-corrected chi connectivity index (χ2v) is 19.8. The zero-order valence-corrected chi connectivity index (χ0v) is 42.3. The SMILES string of the molecule is O=C(Oc1ccc2c(c1)Oc1cc(OC(=O)c3ccc4ccccc4c3)ccc1C2C1c2ccc(OC(=O)c3ccc4ccccc4c3)cc2Oc2cc(OC(=O)c3ccc4ccccc4c3)ccc21)c1ccc2ccccc2c1. The topological polar surface area (TPSA) is 124 Å². The van der Waals surface area contributed by atoms with E-state index in [4.69, 9.17) is 28.4 Å². The molecule has 0 amide bonds. The van der Waals surface area contributed by atoms with Crippen molar-refractivity contribution in [3.63, 3.8) is 0 Å². The molecule has 0 spiro atoms. The Morgan fingerprint density at radius 1 is 0.250 bits per heavy atom. The Morgan fingerprint density at radius 2 is 0.475 bits per heavy atom. The molecule has 0 saturated carbocycles. The van der Waals surface area contributed by atoms with E-state index in [1.54, 1.807) is 97.1 Å². The molecular weight excluding hydrogens is 1000 g/mol. The summed E-state index contributed by atoms with van der Waals surface area (Å²) in [4.78, 5) is 55.3. The first-order valence-corrected chi connectivity index (χ1v) is 26.0. The molecule has 0 N–H and O–H groups in total. The first-order chi connectivity index (χ1) is 39.2. The highest BCUT2D eigenvalue weighted by molar-refractivity contribution is 5.99. The van der Waals surface area contributed by atoms with Gasteiger partial charge in [0.05, 0.1) is 22.3 Å². The molecule has 2 aliphatic rings. The zero-order chi connectivity index (χ0) is 53.8. The van der Waals surface area contributed by atoms with Gasteiger partial charge in [0.1, 0.15) is 46.0 Å². The minimum absolute atomic E-state index is 0.242. The van der Waals surface area contributed by atoms with Crippen LogP contribution in [0.5, 0.6) is 46.0 Å². The Morgan fingerprint density at radius 3 is 0.713 bits per heavy atom. The number of esters is 4. The molecule has 12 aromatic carbocycles. The predicted octanol–water partition coefficient (Wildman–Crippen LogP) is 16.4. The van der Waals surface area contributed by atoms with Crippen LogP contribution in [0.15, 0.2) is 243 Å². The van der Waals surface area contributed by atoms with Crippen molar-refractivity contribution < 1.29 is 47.6 Å². The van der Waals surface area contributed by atoms with Crippen molar-refractivity contribution in [1.29, 1.82) is 0 Å². The first kappa shape index (κ1) is 47.6. The van der Waals surface area contributed by atoms with Gasteiger partial charge in [0, 0.05) is 58.4 Å². The largest absolute Gasteiger partial charge is 0.456 e. The van der Waals surface area contributed by atoms with Gasteiger partial charge in [-0.1, -0.05) is 146 Å². The number of fused-ring (bicyclic) bond motifs is 8. The normalized spacial score (nSPS) is 12.6. The van der Waals surface area contributed by atoms with Crippen LogP contribution in [0.4, 0.5) is 0 Å². The summed E-state index contributed by atoms with van der Waals surface area (Å²) in [5.74, 6) is -0.744. The molecule has 12 aromatic rings. The van der Waals surface area contributed by atoms with Gasteiger partial charge in [0.25, 0.3) is 0 Å². The average molecular weight is 1040 g/mol. The van der Waals surface area contributed by atoms with Crippen molar-refractivity contribution in [2.45, 2.75) is 11.8 Å². The minimum atomic E-state index is -0.548. The van der Waals surface area contributed by atoms with Crippen LogP contribution in [0, 0.1) is 0 Å². The van der Waals surface area contributed by atoms with Crippen molar-refractivity contribution in [1.82, 2.24) is 0 Å². The van der Waals surface area contributed by atoms with Crippen molar-refractivity contribution in [2.75, 3.05) is 0 Å². The van der Waals surface area contributed by atoms with Gasteiger partial charge in [-0.15, -0.1) is 0 Å². The van der Waals surface area contributed by atoms with E-state index in [2.05, 4.69) is 0 Å². The fourth-order valence-corrected chi connectivity index (χ4v) is 10.9. The summed E-state index contributed by atoms with van der Waals surface area (Å²) in [5, 5.41) is 7.56.